The molecular formula is C17H22Cl2N4O3. The maximum Gasteiger partial charge on any atom is 0.318 e. The van der Waals surface area contributed by atoms with Crippen molar-refractivity contribution >= 4 is 46.7 Å². The van der Waals surface area contributed by atoms with Crippen molar-refractivity contribution in [1.82, 2.24) is 10.2 Å². The first-order valence-corrected chi connectivity index (χ1v) is 9.21. The quantitative estimate of drug-likeness (QED) is 0.682. The highest BCUT2D eigenvalue weighted by Crippen LogP contribution is 2.26. The summed E-state index contributed by atoms with van der Waals surface area (Å²) in [6.07, 6.45) is 3.44. The van der Waals surface area contributed by atoms with Crippen molar-refractivity contribution in [2.24, 2.45) is 5.73 Å². The summed E-state index contributed by atoms with van der Waals surface area (Å²) in [5, 5.41) is 5.72. The van der Waals surface area contributed by atoms with Crippen LogP contribution in [0.2, 0.25) is 10.0 Å². The maximum atomic E-state index is 12.6. The zero-order valence-electron chi connectivity index (χ0n) is 14.3. The second-order valence-electron chi connectivity index (χ2n) is 6.18. The molecule has 1 atom stereocenters. The van der Waals surface area contributed by atoms with Gasteiger partial charge in [0.25, 0.3) is 0 Å². The Morgan fingerprint density at radius 2 is 1.96 bits per heavy atom. The van der Waals surface area contributed by atoms with Crippen molar-refractivity contribution in [3.05, 3.63) is 28.2 Å². The number of carbonyl (C=O) groups excluding carboxylic acids is 3. The lowest BCUT2D eigenvalue weighted by atomic mass is 10.0. The zero-order chi connectivity index (χ0) is 19.1. The summed E-state index contributed by atoms with van der Waals surface area (Å²) < 4.78 is 0. The minimum atomic E-state index is -0.855. The molecule has 1 saturated heterocycles. The molecule has 1 heterocycles. The van der Waals surface area contributed by atoms with Gasteiger partial charge in [0.1, 0.15) is 0 Å². The molecule has 1 aromatic rings. The summed E-state index contributed by atoms with van der Waals surface area (Å²) in [5.41, 5.74) is 5.50. The molecule has 0 radical (unpaired) electrons. The summed E-state index contributed by atoms with van der Waals surface area (Å²) in [6.45, 7) is 1.38. The summed E-state index contributed by atoms with van der Waals surface area (Å²) in [6, 6.07) is 3.83. The average Bonchev–Trinajstić information content (AvgIpc) is 2.58. The van der Waals surface area contributed by atoms with E-state index >= 15 is 0 Å². The summed E-state index contributed by atoms with van der Waals surface area (Å²) in [4.78, 5) is 36.8. The van der Waals surface area contributed by atoms with Crippen LogP contribution in [0.3, 0.4) is 0 Å². The Balaban J connectivity index is 1.90. The fourth-order valence-electron chi connectivity index (χ4n) is 3.00. The highest BCUT2D eigenvalue weighted by Gasteiger charge is 2.28. The lowest BCUT2D eigenvalue weighted by molar-refractivity contribution is -0.122. The third-order valence-electron chi connectivity index (χ3n) is 4.22. The third kappa shape index (κ3) is 6.16. The monoisotopic (exact) mass is 400 g/mol. The van der Waals surface area contributed by atoms with Crippen LogP contribution in [-0.4, -0.2) is 41.9 Å². The van der Waals surface area contributed by atoms with Crippen LogP contribution in [0, 0.1) is 0 Å². The van der Waals surface area contributed by atoms with E-state index < -0.39 is 11.9 Å². The summed E-state index contributed by atoms with van der Waals surface area (Å²) in [7, 11) is 0. The Kier molecular flexibility index (Phi) is 7.68. The van der Waals surface area contributed by atoms with Gasteiger partial charge in [-0.1, -0.05) is 29.6 Å². The molecule has 0 unspecified atom stereocenters. The van der Waals surface area contributed by atoms with Crippen LogP contribution in [-0.2, 0) is 9.59 Å². The molecule has 0 spiro atoms. The molecule has 1 aromatic carbocycles. The van der Waals surface area contributed by atoms with Crippen LogP contribution in [0.4, 0.5) is 10.5 Å². The van der Waals surface area contributed by atoms with E-state index in [1.54, 1.807) is 18.2 Å². The zero-order valence-corrected chi connectivity index (χ0v) is 15.8. The third-order valence-corrected chi connectivity index (χ3v) is 4.95. The van der Waals surface area contributed by atoms with Crippen LogP contribution in [0.1, 0.15) is 32.1 Å². The smallest absolute Gasteiger partial charge is 0.318 e. The standard InChI is InChI=1S/C17H22Cl2N4O3/c18-12-7-6-11(10-13(12)19)21-16(25)14-4-1-2-8-23(14)9-3-5-15(24)22-17(20)26/h6-7,10,14H,1-5,8-9H2,(H,21,25)(H3,20,22,24,26)/t14-/m1/s1. The Hall–Kier alpha value is -1.83. The van der Waals surface area contributed by atoms with Gasteiger partial charge < -0.3 is 11.1 Å². The van der Waals surface area contributed by atoms with E-state index in [2.05, 4.69) is 10.2 Å². The van der Waals surface area contributed by atoms with Gasteiger partial charge in [-0.15, -0.1) is 0 Å². The molecule has 1 fully saturated rings. The van der Waals surface area contributed by atoms with E-state index in [1.165, 1.54) is 0 Å². The van der Waals surface area contributed by atoms with Crippen molar-refractivity contribution in [2.45, 2.75) is 38.1 Å². The highest BCUT2D eigenvalue weighted by atomic mass is 35.5. The topological polar surface area (TPSA) is 105 Å². The van der Waals surface area contributed by atoms with Gasteiger partial charge in [-0.25, -0.2) is 4.79 Å². The lowest BCUT2D eigenvalue weighted by Crippen LogP contribution is -2.47. The minimum Gasteiger partial charge on any atom is -0.351 e. The van der Waals surface area contributed by atoms with Gasteiger partial charge in [0.2, 0.25) is 11.8 Å². The van der Waals surface area contributed by atoms with Crippen LogP contribution in [0.15, 0.2) is 18.2 Å². The number of rotatable bonds is 6. The fourth-order valence-corrected chi connectivity index (χ4v) is 3.30. The molecule has 4 amide bonds. The van der Waals surface area contributed by atoms with Crippen molar-refractivity contribution < 1.29 is 14.4 Å². The second kappa shape index (κ2) is 9.75. The molecule has 142 valence electrons. The molecule has 1 aliphatic heterocycles. The predicted octanol–water partition coefficient (Wildman–Crippen LogP) is 2.76. The molecule has 0 bridgehead atoms. The molecule has 7 nitrogen and oxygen atoms in total. The molecule has 2 rings (SSSR count). The van der Waals surface area contributed by atoms with Gasteiger partial charge in [-0.3, -0.25) is 19.8 Å². The number of piperidine rings is 1. The Morgan fingerprint density at radius 1 is 1.19 bits per heavy atom. The number of hydrogen-bond acceptors (Lipinski definition) is 4. The van der Waals surface area contributed by atoms with Crippen molar-refractivity contribution in [3.63, 3.8) is 0 Å². The number of amides is 4. The highest BCUT2D eigenvalue weighted by molar-refractivity contribution is 6.42. The number of nitrogens with two attached hydrogens (primary N) is 1. The number of halogens is 2. The van der Waals surface area contributed by atoms with E-state index in [1.807, 2.05) is 5.32 Å². The molecular weight excluding hydrogens is 379 g/mol. The SMILES string of the molecule is NC(=O)NC(=O)CCCN1CCCC[C@@H]1C(=O)Nc1ccc(Cl)c(Cl)c1. The van der Waals surface area contributed by atoms with Crippen LogP contribution >= 0.6 is 23.2 Å². The molecule has 0 aliphatic carbocycles. The van der Waals surface area contributed by atoms with Gasteiger partial charge in [0.05, 0.1) is 16.1 Å². The van der Waals surface area contributed by atoms with E-state index in [4.69, 9.17) is 28.9 Å². The first-order valence-electron chi connectivity index (χ1n) is 8.46. The second-order valence-corrected chi connectivity index (χ2v) is 7.00. The number of primary amides is 1. The van der Waals surface area contributed by atoms with Crippen LogP contribution < -0.4 is 16.4 Å². The number of carbonyl (C=O) groups is 3. The van der Waals surface area contributed by atoms with Gasteiger partial charge in [0, 0.05) is 12.1 Å². The minimum absolute atomic E-state index is 0.107. The van der Waals surface area contributed by atoms with Gasteiger partial charge in [0.15, 0.2) is 0 Å². The average molecular weight is 401 g/mol. The van der Waals surface area contributed by atoms with Crippen molar-refractivity contribution in [2.75, 3.05) is 18.4 Å². The number of anilines is 1. The Morgan fingerprint density at radius 3 is 2.65 bits per heavy atom. The molecule has 26 heavy (non-hydrogen) atoms. The predicted molar refractivity (Wildman–Crippen MR) is 101 cm³/mol. The first kappa shape index (κ1) is 20.5. The van der Waals surface area contributed by atoms with E-state index in [0.29, 0.717) is 28.7 Å². The number of nitrogens with zero attached hydrogens (tertiary/aromatic N) is 1. The molecule has 9 heteroatoms. The summed E-state index contributed by atoms with van der Waals surface area (Å²) in [5.74, 6) is -0.518. The number of benzene rings is 1. The van der Waals surface area contributed by atoms with E-state index in [9.17, 15) is 14.4 Å². The van der Waals surface area contributed by atoms with Gasteiger partial charge >= 0.3 is 6.03 Å². The Bertz CT molecular complexity index is 684. The number of likely N-dealkylation sites (tertiary alicyclic amines) is 1. The fraction of sp³-hybridized carbons (Fsp3) is 0.471. The number of hydrogen-bond donors (Lipinski definition) is 3. The number of urea groups is 1. The number of nitrogens with one attached hydrogen (secondary N) is 2. The number of imide groups is 1. The van der Waals surface area contributed by atoms with Crippen LogP contribution in [0.25, 0.3) is 0 Å². The van der Waals surface area contributed by atoms with Crippen molar-refractivity contribution in [3.8, 4) is 0 Å². The molecule has 4 N–H and O–H groups in total. The molecule has 0 saturated carbocycles. The largest absolute Gasteiger partial charge is 0.351 e. The van der Waals surface area contributed by atoms with Gasteiger partial charge in [-0.05, 0) is 50.6 Å². The van der Waals surface area contributed by atoms with Crippen LogP contribution in [0.5, 0.6) is 0 Å². The lowest BCUT2D eigenvalue weighted by Gasteiger charge is -2.34. The maximum absolute atomic E-state index is 12.6. The van der Waals surface area contributed by atoms with Crippen molar-refractivity contribution in [1.29, 1.82) is 0 Å². The molecule has 0 aromatic heterocycles. The normalized spacial score (nSPS) is 17.5. The first-order chi connectivity index (χ1) is 12.4. The van der Waals surface area contributed by atoms with E-state index in [0.717, 1.165) is 25.8 Å². The summed E-state index contributed by atoms with van der Waals surface area (Å²) >= 11 is 11.9. The van der Waals surface area contributed by atoms with E-state index in [-0.39, 0.29) is 18.4 Å². The Labute approximate surface area is 162 Å². The molecule has 1 aliphatic rings. The van der Waals surface area contributed by atoms with Gasteiger partial charge in [-0.2, -0.15) is 0 Å².